The molecule has 0 spiro atoms. The molecule has 1 heterocycles. The first-order valence-corrected chi connectivity index (χ1v) is 8.48. The molecule has 0 bridgehead atoms. The number of halogens is 1. The van der Waals surface area contributed by atoms with Crippen LogP contribution in [0.3, 0.4) is 0 Å². The molecule has 0 radical (unpaired) electrons. The molecule has 0 aliphatic heterocycles. The van der Waals surface area contributed by atoms with Crippen molar-refractivity contribution in [3.63, 3.8) is 0 Å². The molecule has 0 atom stereocenters. The number of carbonyl (C=O) groups is 1. The minimum Gasteiger partial charge on any atom is -0.491 e. The number of nitrogens with zero attached hydrogens (tertiary/aromatic N) is 1. The predicted molar refractivity (Wildman–Crippen MR) is 94.0 cm³/mol. The number of aryl methyl sites for hydroxylation is 1. The maximum absolute atomic E-state index is 12.0. The second kappa shape index (κ2) is 7.60. The van der Waals surface area contributed by atoms with Gasteiger partial charge in [0.25, 0.3) is 0 Å². The first-order valence-electron chi connectivity index (χ1n) is 6.87. The van der Waals surface area contributed by atoms with Crippen molar-refractivity contribution in [3.8, 4) is 5.75 Å². The van der Waals surface area contributed by atoms with Crippen LogP contribution in [0.5, 0.6) is 5.75 Å². The Bertz CT molecular complexity index is 658. The molecule has 0 fully saturated rings. The van der Waals surface area contributed by atoms with Gasteiger partial charge in [-0.2, -0.15) is 0 Å². The zero-order chi connectivity index (χ0) is 16.1. The van der Waals surface area contributed by atoms with Gasteiger partial charge in [0.1, 0.15) is 5.75 Å². The summed E-state index contributed by atoms with van der Waals surface area (Å²) < 4.78 is 6.63. The molecule has 2 rings (SSSR count). The molecule has 2 N–H and O–H groups in total. The molecule has 5 nitrogen and oxygen atoms in total. The summed E-state index contributed by atoms with van der Waals surface area (Å²) in [6.45, 7) is 6.74. The third kappa shape index (κ3) is 4.99. The van der Waals surface area contributed by atoms with E-state index < -0.39 is 0 Å². The minimum absolute atomic E-state index is 0.347. The number of urea groups is 1. The van der Waals surface area contributed by atoms with Gasteiger partial charge in [0.05, 0.1) is 22.3 Å². The highest BCUT2D eigenvalue weighted by atomic mass is 79.9. The summed E-state index contributed by atoms with van der Waals surface area (Å²) in [6, 6.07) is 5.33. The van der Waals surface area contributed by atoms with Gasteiger partial charge in [0.2, 0.25) is 0 Å². The van der Waals surface area contributed by atoms with Gasteiger partial charge in [-0.1, -0.05) is 31.3 Å². The Morgan fingerprint density at radius 2 is 2.18 bits per heavy atom. The fourth-order valence-corrected chi connectivity index (χ4v) is 2.77. The molecule has 0 aliphatic rings. The summed E-state index contributed by atoms with van der Waals surface area (Å²) >= 11 is 4.66. The van der Waals surface area contributed by atoms with E-state index in [9.17, 15) is 4.79 Å². The summed E-state index contributed by atoms with van der Waals surface area (Å²) in [6.07, 6.45) is 1.64. The lowest BCUT2D eigenvalue weighted by molar-refractivity contribution is 0.260. The Morgan fingerprint density at radius 1 is 1.41 bits per heavy atom. The lowest BCUT2D eigenvalue weighted by Gasteiger charge is -2.14. The number of hydrogen-bond acceptors (Lipinski definition) is 4. The van der Waals surface area contributed by atoms with E-state index in [0.717, 1.165) is 9.35 Å². The normalized spacial score (nSPS) is 10.6. The molecule has 0 unspecified atom stereocenters. The van der Waals surface area contributed by atoms with Crippen LogP contribution in [0.25, 0.3) is 0 Å². The van der Waals surface area contributed by atoms with E-state index in [0.29, 0.717) is 29.1 Å². The number of amides is 2. The first-order chi connectivity index (χ1) is 10.4. The number of aromatic nitrogens is 1. The number of benzene rings is 1. The van der Waals surface area contributed by atoms with Crippen LogP contribution in [0, 0.1) is 12.8 Å². The van der Waals surface area contributed by atoms with Crippen LogP contribution in [0.2, 0.25) is 0 Å². The van der Waals surface area contributed by atoms with Crippen molar-refractivity contribution in [2.24, 2.45) is 5.92 Å². The van der Waals surface area contributed by atoms with Crippen LogP contribution in [0.4, 0.5) is 15.6 Å². The summed E-state index contributed by atoms with van der Waals surface area (Å²) in [7, 11) is 0. The number of ether oxygens (including phenoxy) is 1. The number of nitrogens with one attached hydrogen (secondary N) is 2. The van der Waals surface area contributed by atoms with Gasteiger partial charge < -0.3 is 10.1 Å². The van der Waals surface area contributed by atoms with Crippen molar-refractivity contribution in [1.82, 2.24) is 4.98 Å². The molecule has 118 valence electrons. The van der Waals surface area contributed by atoms with Crippen LogP contribution in [0.15, 0.2) is 28.2 Å². The van der Waals surface area contributed by atoms with Crippen LogP contribution in [-0.4, -0.2) is 17.6 Å². The Hall–Kier alpha value is -1.60. The number of anilines is 2. The van der Waals surface area contributed by atoms with Crippen LogP contribution >= 0.6 is 27.3 Å². The van der Waals surface area contributed by atoms with Crippen LogP contribution < -0.4 is 15.4 Å². The fourth-order valence-electron chi connectivity index (χ4n) is 1.67. The van der Waals surface area contributed by atoms with Gasteiger partial charge >= 0.3 is 6.03 Å². The fraction of sp³-hybridized carbons (Fsp3) is 0.333. The third-order valence-corrected chi connectivity index (χ3v) is 4.05. The number of carbonyl (C=O) groups excluding carboxylic acids is 1. The molecule has 0 aliphatic carbocycles. The Morgan fingerprint density at radius 3 is 2.82 bits per heavy atom. The predicted octanol–water partition coefficient (Wildman–Crippen LogP) is 4.89. The highest BCUT2D eigenvalue weighted by Gasteiger charge is 2.10. The molecule has 0 saturated heterocycles. The average molecular weight is 384 g/mol. The van der Waals surface area contributed by atoms with Crippen molar-refractivity contribution in [3.05, 3.63) is 33.7 Å². The number of hydrogen-bond donors (Lipinski definition) is 2. The van der Waals surface area contributed by atoms with Crippen molar-refractivity contribution in [2.75, 3.05) is 17.2 Å². The summed E-state index contributed by atoms with van der Waals surface area (Å²) in [5.41, 5.74) is 1.72. The highest BCUT2D eigenvalue weighted by Crippen LogP contribution is 2.27. The van der Waals surface area contributed by atoms with E-state index in [1.54, 1.807) is 6.20 Å². The lowest BCUT2D eigenvalue weighted by Crippen LogP contribution is -2.20. The van der Waals surface area contributed by atoms with Crippen molar-refractivity contribution >= 4 is 44.1 Å². The van der Waals surface area contributed by atoms with E-state index in [1.807, 2.05) is 25.1 Å². The Labute approximate surface area is 142 Å². The van der Waals surface area contributed by atoms with Crippen LogP contribution in [0.1, 0.15) is 19.4 Å². The Balaban J connectivity index is 2.05. The molecule has 2 amide bonds. The topological polar surface area (TPSA) is 63.2 Å². The molecular formula is C15H18BrN3O2S. The molecular weight excluding hydrogens is 366 g/mol. The zero-order valence-electron chi connectivity index (χ0n) is 12.6. The van der Waals surface area contributed by atoms with E-state index in [4.69, 9.17) is 4.74 Å². The van der Waals surface area contributed by atoms with Crippen LogP contribution in [-0.2, 0) is 0 Å². The second-order valence-electron chi connectivity index (χ2n) is 5.25. The average Bonchev–Trinajstić information content (AvgIpc) is 2.84. The maximum Gasteiger partial charge on any atom is 0.325 e. The summed E-state index contributed by atoms with van der Waals surface area (Å²) in [5.74, 6) is 1.08. The lowest BCUT2D eigenvalue weighted by atomic mass is 10.2. The smallest absolute Gasteiger partial charge is 0.325 e. The molecule has 7 heteroatoms. The van der Waals surface area contributed by atoms with E-state index >= 15 is 0 Å². The van der Waals surface area contributed by atoms with Gasteiger partial charge in [-0.3, -0.25) is 5.32 Å². The Kier molecular flexibility index (Phi) is 5.79. The third-order valence-electron chi connectivity index (χ3n) is 2.66. The van der Waals surface area contributed by atoms with Gasteiger partial charge in [0, 0.05) is 0 Å². The highest BCUT2D eigenvalue weighted by molar-refractivity contribution is 9.11. The zero-order valence-corrected chi connectivity index (χ0v) is 15.0. The van der Waals surface area contributed by atoms with Gasteiger partial charge in [-0.15, -0.1) is 0 Å². The monoisotopic (exact) mass is 383 g/mol. The van der Waals surface area contributed by atoms with Gasteiger partial charge in [-0.25, -0.2) is 9.78 Å². The standard InChI is InChI=1S/C15H18BrN3O2S/c1-9(2)8-21-12-6-10(3)4-5-11(12)18-14(20)19-15-17-7-13(16)22-15/h4-7,9H,8H2,1-3H3,(H2,17,18,19,20). The molecule has 1 aromatic heterocycles. The minimum atomic E-state index is -0.347. The molecule has 2 aromatic rings. The molecule has 1 aromatic carbocycles. The van der Waals surface area contributed by atoms with Gasteiger partial charge in [0.15, 0.2) is 5.13 Å². The van der Waals surface area contributed by atoms with E-state index in [2.05, 4.69) is 45.4 Å². The first kappa shape index (κ1) is 16.8. The SMILES string of the molecule is Cc1ccc(NC(=O)Nc2ncc(Br)s2)c(OCC(C)C)c1. The molecule has 0 saturated carbocycles. The molecule has 22 heavy (non-hydrogen) atoms. The quantitative estimate of drug-likeness (QED) is 0.771. The van der Waals surface area contributed by atoms with Crippen molar-refractivity contribution in [1.29, 1.82) is 0 Å². The van der Waals surface area contributed by atoms with Gasteiger partial charge in [-0.05, 0) is 46.5 Å². The number of thiazole rings is 1. The number of rotatable bonds is 5. The van der Waals surface area contributed by atoms with Crippen molar-refractivity contribution in [2.45, 2.75) is 20.8 Å². The van der Waals surface area contributed by atoms with Crippen molar-refractivity contribution < 1.29 is 9.53 Å². The summed E-state index contributed by atoms with van der Waals surface area (Å²) in [4.78, 5) is 16.1. The van der Waals surface area contributed by atoms with E-state index in [-0.39, 0.29) is 6.03 Å². The largest absolute Gasteiger partial charge is 0.491 e. The maximum atomic E-state index is 12.0. The summed E-state index contributed by atoms with van der Waals surface area (Å²) in [5, 5.41) is 6.01. The second-order valence-corrected chi connectivity index (χ2v) is 7.66. The van der Waals surface area contributed by atoms with E-state index in [1.165, 1.54) is 11.3 Å².